The van der Waals surface area contributed by atoms with Gasteiger partial charge in [0.2, 0.25) is 0 Å². The molecule has 0 unspecified atom stereocenters. The molecule has 17 heavy (non-hydrogen) atoms. The van der Waals surface area contributed by atoms with Gasteiger partial charge in [-0.05, 0) is 50.2 Å². The molecule has 0 aromatic heterocycles. The number of hydrogen-bond acceptors (Lipinski definition) is 2. The summed E-state index contributed by atoms with van der Waals surface area (Å²) in [5, 5.41) is 0. The maximum absolute atomic E-state index is 5.18. The standard InChI is InChI=1S/C7H15N.C7H6O.ClH/c1-2-8-6-4-3-5-7-8;1-2-6-4-7(3-1)8-5-6;/h2-7H2,1H3;1-4H,5H2;1H. The number of benzene rings is 1. The fourth-order valence-corrected chi connectivity index (χ4v) is 2.17. The fourth-order valence-electron chi connectivity index (χ4n) is 2.17. The molecule has 0 atom stereocenters. The van der Waals surface area contributed by atoms with Gasteiger partial charge in [0.05, 0.1) is 0 Å². The van der Waals surface area contributed by atoms with E-state index in [-0.39, 0.29) is 12.4 Å². The van der Waals surface area contributed by atoms with Gasteiger partial charge in [-0.25, -0.2) is 0 Å². The third kappa shape index (κ3) is 4.57. The predicted octanol–water partition coefficient (Wildman–Crippen LogP) is 3.49. The molecule has 3 heteroatoms. The first kappa shape index (κ1) is 14.3. The van der Waals surface area contributed by atoms with Gasteiger partial charge >= 0.3 is 0 Å². The lowest BCUT2D eigenvalue weighted by Gasteiger charge is -2.24. The lowest BCUT2D eigenvalue weighted by atomic mass is 10.1. The molecule has 0 aliphatic carbocycles. The quantitative estimate of drug-likeness (QED) is 0.762. The van der Waals surface area contributed by atoms with Crippen LogP contribution in [0.15, 0.2) is 24.3 Å². The maximum atomic E-state index is 5.18. The zero-order valence-electron chi connectivity index (χ0n) is 10.5. The van der Waals surface area contributed by atoms with Gasteiger partial charge in [-0.15, -0.1) is 12.4 Å². The van der Waals surface area contributed by atoms with Gasteiger partial charge < -0.3 is 9.64 Å². The molecule has 3 rings (SSSR count). The Hall–Kier alpha value is -0.730. The van der Waals surface area contributed by atoms with Gasteiger partial charge in [0.15, 0.2) is 0 Å². The average molecular weight is 256 g/mol. The summed E-state index contributed by atoms with van der Waals surface area (Å²) >= 11 is 0. The van der Waals surface area contributed by atoms with E-state index in [4.69, 9.17) is 4.74 Å². The number of rotatable bonds is 1. The first-order valence-electron chi connectivity index (χ1n) is 6.32. The minimum Gasteiger partial charge on any atom is -0.489 e. The van der Waals surface area contributed by atoms with Crippen LogP contribution < -0.4 is 4.74 Å². The van der Waals surface area contributed by atoms with E-state index in [1.165, 1.54) is 44.5 Å². The molecule has 0 amide bonds. The number of nitrogens with zero attached hydrogens (tertiary/aromatic N) is 1. The summed E-state index contributed by atoms with van der Waals surface area (Å²) in [6.45, 7) is 6.95. The molecule has 1 saturated heterocycles. The lowest BCUT2D eigenvalue weighted by molar-refractivity contribution is 0.240. The molecule has 96 valence electrons. The fraction of sp³-hybridized carbons (Fsp3) is 0.571. The van der Waals surface area contributed by atoms with Crippen LogP contribution in [0.4, 0.5) is 0 Å². The first-order chi connectivity index (χ1) is 7.88. The average Bonchev–Trinajstić information content (AvgIpc) is 2.70. The van der Waals surface area contributed by atoms with Crippen molar-refractivity contribution in [2.75, 3.05) is 19.6 Å². The highest BCUT2D eigenvalue weighted by molar-refractivity contribution is 5.85. The molecule has 1 aromatic rings. The molecule has 1 fully saturated rings. The Bertz CT molecular complexity index is 305. The highest BCUT2D eigenvalue weighted by atomic mass is 35.5. The van der Waals surface area contributed by atoms with Crippen LogP contribution in [0.1, 0.15) is 31.7 Å². The van der Waals surface area contributed by atoms with E-state index in [0.717, 1.165) is 12.4 Å². The Morgan fingerprint density at radius 3 is 2.47 bits per heavy atom. The number of ether oxygens (including phenoxy) is 1. The number of fused-ring (bicyclic) bond motifs is 2. The molecule has 2 bridgehead atoms. The molecule has 2 nitrogen and oxygen atoms in total. The summed E-state index contributed by atoms with van der Waals surface area (Å²) in [4.78, 5) is 2.52. The zero-order chi connectivity index (χ0) is 11.2. The second kappa shape index (κ2) is 7.57. The molecule has 0 N–H and O–H groups in total. The van der Waals surface area contributed by atoms with Crippen LogP contribution >= 0.6 is 12.4 Å². The van der Waals surface area contributed by atoms with Crippen molar-refractivity contribution >= 4 is 12.4 Å². The van der Waals surface area contributed by atoms with Gasteiger partial charge in [0.25, 0.3) is 0 Å². The van der Waals surface area contributed by atoms with Crippen LogP contribution in [0.3, 0.4) is 0 Å². The SMILES string of the molecule is CCN1CCCCC1.Cl.c1cc2cc(c1)OC2. The van der Waals surface area contributed by atoms with E-state index in [0.29, 0.717) is 0 Å². The third-order valence-electron chi connectivity index (χ3n) is 3.20. The van der Waals surface area contributed by atoms with E-state index in [1.807, 2.05) is 12.1 Å². The zero-order valence-corrected chi connectivity index (χ0v) is 11.3. The van der Waals surface area contributed by atoms with Gasteiger partial charge in [-0.1, -0.05) is 25.5 Å². The summed E-state index contributed by atoms with van der Waals surface area (Å²) in [5.41, 5.74) is 1.28. The molecular weight excluding hydrogens is 234 g/mol. The summed E-state index contributed by atoms with van der Waals surface area (Å²) in [5.74, 6) is 1.00. The van der Waals surface area contributed by atoms with Crippen LogP contribution in [0.5, 0.6) is 5.75 Å². The summed E-state index contributed by atoms with van der Waals surface area (Å²) in [6.07, 6.45) is 4.30. The van der Waals surface area contributed by atoms with Gasteiger partial charge in [-0.2, -0.15) is 0 Å². The monoisotopic (exact) mass is 255 g/mol. The van der Waals surface area contributed by atoms with Crippen LogP contribution in [-0.4, -0.2) is 24.5 Å². The summed E-state index contributed by atoms with van der Waals surface area (Å²) in [6, 6.07) is 8.10. The van der Waals surface area contributed by atoms with Gasteiger partial charge in [-0.3, -0.25) is 0 Å². The highest BCUT2D eigenvalue weighted by Crippen LogP contribution is 2.20. The molecular formula is C14H22ClNO. The molecule has 2 heterocycles. The second-order valence-corrected chi connectivity index (χ2v) is 4.43. The number of hydrogen-bond donors (Lipinski definition) is 0. The van der Waals surface area contributed by atoms with Crippen molar-refractivity contribution in [2.24, 2.45) is 0 Å². The molecule has 0 radical (unpaired) electrons. The third-order valence-corrected chi connectivity index (χ3v) is 3.20. The smallest absolute Gasteiger partial charge is 0.120 e. The summed E-state index contributed by atoms with van der Waals surface area (Å²) in [7, 11) is 0. The van der Waals surface area contributed by atoms with Crippen LogP contribution in [0.2, 0.25) is 0 Å². The van der Waals surface area contributed by atoms with E-state index in [1.54, 1.807) is 0 Å². The number of piperidine rings is 1. The number of likely N-dealkylation sites (tertiary alicyclic amines) is 1. The largest absolute Gasteiger partial charge is 0.489 e. The van der Waals surface area contributed by atoms with E-state index >= 15 is 0 Å². The topological polar surface area (TPSA) is 12.5 Å². The van der Waals surface area contributed by atoms with E-state index < -0.39 is 0 Å². The Morgan fingerprint density at radius 2 is 1.94 bits per heavy atom. The molecule has 0 spiro atoms. The lowest BCUT2D eigenvalue weighted by Crippen LogP contribution is -2.29. The Kier molecular flexibility index (Phi) is 6.38. The van der Waals surface area contributed by atoms with Crippen LogP contribution in [0.25, 0.3) is 0 Å². The van der Waals surface area contributed by atoms with Gasteiger partial charge in [0, 0.05) is 0 Å². The minimum atomic E-state index is 0. The van der Waals surface area contributed by atoms with Crippen molar-refractivity contribution in [2.45, 2.75) is 32.8 Å². The van der Waals surface area contributed by atoms with Crippen molar-refractivity contribution in [1.29, 1.82) is 0 Å². The summed E-state index contributed by atoms with van der Waals surface area (Å²) < 4.78 is 5.18. The Morgan fingerprint density at radius 1 is 1.18 bits per heavy atom. The van der Waals surface area contributed by atoms with Crippen LogP contribution in [0, 0.1) is 0 Å². The van der Waals surface area contributed by atoms with Gasteiger partial charge in [0.1, 0.15) is 12.4 Å². The Balaban J connectivity index is 0.000000161. The van der Waals surface area contributed by atoms with Crippen molar-refractivity contribution in [3.63, 3.8) is 0 Å². The van der Waals surface area contributed by atoms with Crippen molar-refractivity contribution in [3.8, 4) is 5.75 Å². The normalized spacial score (nSPS) is 17.5. The van der Waals surface area contributed by atoms with Crippen molar-refractivity contribution in [1.82, 2.24) is 4.90 Å². The molecule has 0 saturated carbocycles. The maximum Gasteiger partial charge on any atom is 0.120 e. The minimum absolute atomic E-state index is 0. The Labute approximate surface area is 110 Å². The molecule has 2 aliphatic rings. The van der Waals surface area contributed by atoms with E-state index in [2.05, 4.69) is 24.0 Å². The van der Waals surface area contributed by atoms with Crippen LogP contribution in [-0.2, 0) is 6.61 Å². The highest BCUT2D eigenvalue weighted by Gasteiger charge is 2.05. The second-order valence-electron chi connectivity index (χ2n) is 4.43. The van der Waals surface area contributed by atoms with Crippen molar-refractivity contribution in [3.05, 3.63) is 29.8 Å². The van der Waals surface area contributed by atoms with E-state index in [9.17, 15) is 0 Å². The molecule has 2 aliphatic heterocycles. The number of halogens is 1. The molecule has 1 aromatic carbocycles. The van der Waals surface area contributed by atoms with Crippen molar-refractivity contribution < 1.29 is 4.74 Å². The predicted molar refractivity (Wildman–Crippen MR) is 74.0 cm³/mol. The first-order valence-corrected chi connectivity index (χ1v) is 6.32.